The Balaban J connectivity index is 0.00000256. The van der Waals surface area contributed by atoms with Gasteiger partial charge in [0.15, 0.2) is 5.96 Å². The molecule has 30 heavy (non-hydrogen) atoms. The van der Waals surface area contributed by atoms with Crippen molar-refractivity contribution in [2.24, 2.45) is 4.99 Å². The van der Waals surface area contributed by atoms with Crippen molar-refractivity contribution in [2.75, 3.05) is 19.6 Å². The van der Waals surface area contributed by atoms with Crippen molar-refractivity contribution in [3.63, 3.8) is 0 Å². The molecule has 2 aromatic rings. The molecule has 1 aromatic heterocycles. The summed E-state index contributed by atoms with van der Waals surface area (Å²) in [5.41, 5.74) is 3.07. The molecule has 2 aliphatic rings. The van der Waals surface area contributed by atoms with E-state index in [2.05, 4.69) is 46.5 Å². The number of nitrogens with one attached hydrogen (secondary N) is 2. The van der Waals surface area contributed by atoms with Gasteiger partial charge in [-0.1, -0.05) is 30.5 Å². The normalized spacial score (nSPS) is 20.3. The van der Waals surface area contributed by atoms with E-state index in [1.807, 2.05) is 12.1 Å². The molecule has 7 heteroatoms. The van der Waals surface area contributed by atoms with Crippen LogP contribution in [-0.4, -0.2) is 47.6 Å². The molecule has 0 bridgehead atoms. The second-order valence-electron chi connectivity index (χ2n) is 8.27. The predicted molar refractivity (Wildman–Crippen MR) is 132 cm³/mol. The van der Waals surface area contributed by atoms with Crippen molar-refractivity contribution >= 4 is 29.9 Å². The van der Waals surface area contributed by atoms with E-state index < -0.39 is 0 Å². The minimum Gasteiger partial charge on any atom is -0.444 e. The summed E-state index contributed by atoms with van der Waals surface area (Å²) in [6.07, 6.45) is 8.42. The van der Waals surface area contributed by atoms with Crippen LogP contribution in [0.3, 0.4) is 0 Å². The lowest BCUT2D eigenvalue weighted by Gasteiger charge is -2.24. The van der Waals surface area contributed by atoms with Gasteiger partial charge in [0.25, 0.3) is 0 Å². The molecule has 164 valence electrons. The first kappa shape index (κ1) is 23.1. The smallest absolute Gasteiger partial charge is 0.226 e. The molecule has 2 fully saturated rings. The molecule has 1 saturated heterocycles. The van der Waals surface area contributed by atoms with Crippen molar-refractivity contribution in [1.82, 2.24) is 20.5 Å². The highest BCUT2D eigenvalue weighted by Crippen LogP contribution is 2.26. The van der Waals surface area contributed by atoms with Gasteiger partial charge in [0, 0.05) is 37.3 Å². The van der Waals surface area contributed by atoms with E-state index >= 15 is 0 Å². The zero-order valence-corrected chi connectivity index (χ0v) is 20.4. The summed E-state index contributed by atoms with van der Waals surface area (Å²) < 4.78 is 5.66. The van der Waals surface area contributed by atoms with E-state index in [1.54, 1.807) is 6.26 Å². The number of aliphatic imine (C=N–C) groups is 1. The molecule has 0 spiro atoms. The molecule has 1 aliphatic heterocycles. The Morgan fingerprint density at radius 3 is 2.70 bits per heavy atom. The Labute approximate surface area is 196 Å². The van der Waals surface area contributed by atoms with Crippen LogP contribution in [0.4, 0.5) is 0 Å². The largest absolute Gasteiger partial charge is 0.444 e. The van der Waals surface area contributed by atoms with Crippen molar-refractivity contribution < 1.29 is 4.42 Å². The maximum Gasteiger partial charge on any atom is 0.226 e. The number of oxazole rings is 1. The number of guanidine groups is 1. The molecule has 0 amide bonds. The van der Waals surface area contributed by atoms with Crippen LogP contribution in [0.25, 0.3) is 11.5 Å². The lowest BCUT2D eigenvalue weighted by atomic mass is 10.1. The highest BCUT2D eigenvalue weighted by Gasteiger charge is 2.30. The second-order valence-corrected chi connectivity index (χ2v) is 8.27. The van der Waals surface area contributed by atoms with Gasteiger partial charge in [-0.25, -0.2) is 9.98 Å². The Bertz CT molecular complexity index is 813. The number of hydrogen-bond acceptors (Lipinski definition) is 4. The molecule has 1 aromatic carbocycles. The van der Waals surface area contributed by atoms with Gasteiger partial charge < -0.3 is 15.1 Å². The van der Waals surface area contributed by atoms with Crippen LogP contribution in [-0.2, 0) is 6.54 Å². The summed E-state index contributed by atoms with van der Waals surface area (Å²) in [4.78, 5) is 12.0. The molecule has 1 saturated carbocycles. The summed E-state index contributed by atoms with van der Waals surface area (Å²) in [7, 11) is 0. The van der Waals surface area contributed by atoms with Crippen molar-refractivity contribution in [1.29, 1.82) is 0 Å². The number of rotatable bonds is 6. The quantitative estimate of drug-likeness (QED) is 0.335. The lowest BCUT2D eigenvalue weighted by Crippen LogP contribution is -2.45. The van der Waals surface area contributed by atoms with E-state index in [4.69, 9.17) is 9.41 Å². The zero-order chi connectivity index (χ0) is 20.1. The van der Waals surface area contributed by atoms with E-state index in [0.29, 0.717) is 18.5 Å². The van der Waals surface area contributed by atoms with Gasteiger partial charge in [0.2, 0.25) is 5.89 Å². The fraction of sp³-hybridized carbons (Fsp3) is 0.565. The number of hydrogen-bond donors (Lipinski definition) is 2. The van der Waals surface area contributed by atoms with E-state index in [0.717, 1.165) is 36.3 Å². The summed E-state index contributed by atoms with van der Waals surface area (Å²) in [5.74, 6) is 1.52. The third kappa shape index (κ3) is 5.97. The van der Waals surface area contributed by atoms with Gasteiger partial charge in [0.05, 0.1) is 6.54 Å². The minimum atomic E-state index is 0. The maximum atomic E-state index is 5.66. The lowest BCUT2D eigenvalue weighted by molar-refractivity contribution is 0.242. The highest BCUT2D eigenvalue weighted by atomic mass is 127. The van der Waals surface area contributed by atoms with Crippen LogP contribution in [0.15, 0.2) is 39.9 Å². The maximum absolute atomic E-state index is 5.66. The number of likely N-dealkylation sites (tertiary alicyclic amines) is 1. The van der Waals surface area contributed by atoms with Gasteiger partial charge in [0.1, 0.15) is 12.0 Å². The van der Waals surface area contributed by atoms with Crippen LogP contribution in [0.1, 0.15) is 50.3 Å². The molecular weight excluding hydrogens is 489 g/mol. The average Bonchev–Trinajstić information content (AvgIpc) is 3.48. The number of benzene rings is 1. The Kier molecular flexibility index (Phi) is 8.56. The first-order valence-corrected chi connectivity index (χ1v) is 11.0. The van der Waals surface area contributed by atoms with Gasteiger partial charge in [-0.2, -0.15) is 0 Å². The first-order valence-electron chi connectivity index (χ1n) is 11.0. The molecule has 1 atom stereocenters. The van der Waals surface area contributed by atoms with E-state index in [-0.39, 0.29) is 24.0 Å². The van der Waals surface area contributed by atoms with Gasteiger partial charge in [-0.05, 0) is 45.2 Å². The minimum absolute atomic E-state index is 0. The van der Waals surface area contributed by atoms with Gasteiger partial charge in [-0.3, -0.25) is 4.90 Å². The summed E-state index contributed by atoms with van der Waals surface area (Å²) in [6, 6.07) is 9.49. The average molecular weight is 523 g/mol. The van der Waals surface area contributed by atoms with Crippen molar-refractivity contribution in [2.45, 2.75) is 64.6 Å². The molecule has 4 rings (SSSR count). The number of aromatic nitrogens is 1. The fourth-order valence-electron chi connectivity index (χ4n) is 4.39. The molecule has 1 unspecified atom stereocenters. The van der Waals surface area contributed by atoms with Crippen LogP contribution < -0.4 is 10.6 Å². The third-order valence-corrected chi connectivity index (χ3v) is 6.00. The Morgan fingerprint density at radius 1 is 1.20 bits per heavy atom. The second kappa shape index (κ2) is 11.1. The molecule has 0 radical (unpaired) electrons. The van der Waals surface area contributed by atoms with E-state index in [9.17, 15) is 0 Å². The predicted octanol–water partition coefficient (Wildman–Crippen LogP) is 4.34. The molecule has 6 nitrogen and oxygen atoms in total. The SMILES string of the molecule is CCNC(=NCc1coc(-c2ccc(C)cc2)n1)NC1CCN(C2CCCC2)C1.I. The van der Waals surface area contributed by atoms with Gasteiger partial charge in [-0.15, -0.1) is 24.0 Å². The van der Waals surface area contributed by atoms with Crippen LogP contribution in [0.5, 0.6) is 0 Å². The molecule has 1 aliphatic carbocycles. The highest BCUT2D eigenvalue weighted by molar-refractivity contribution is 14.0. The monoisotopic (exact) mass is 523 g/mol. The Hall–Kier alpha value is -1.61. The molecule has 2 heterocycles. The zero-order valence-electron chi connectivity index (χ0n) is 18.1. The molecule has 2 N–H and O–H groups in total. The summed E-state index contributed by atoms with van der Waals surface area (Å²) in [5, 5.41) is 6.99. The summed E-state index contributed by atoms with van der Waals surface area (Å²) in [6.45, 7) is 7.85. The third-order valence-electron chi connectivity index (χ3n) is 6.00. The number of halogens is 1. The van der Waals surface area contributed by atoms with Gasteiger partial charge >= 0.3 is 0 Å². The van der Waals surface area contributed by atoms with E-state index in [1.165, 1.54) is 44.2 Å². The van der Waals surface area contributed by atoms with Crippen LogP contribution in [0.2, 0.25) is 0 Å². The van der Waals surface area contributed by atoms with Crippen LogP contribution >= 0.6 is 24.0 Å². The Morgan fingerprint density at radius 2 is 1.97 bits per heavy atom. The molecular formula is C23H34IN5O. The summed E-state index contributed by atoms with van der Waals surface area (Å²) >= 11 is 0. The van der Waals surface area contributed by atoms with Crippen LogP contribution in [0, 0.1) is 6.92 Å². The first-order chi connectivity index (χ1) is 14.2. The number of nitrogens with zero attached hydrogens (tertiary/aromatic N) is 3. The fourth-order valence-corrected chi connectivity index (χ4v) is 4.39. The standard InChI is InChI=1S/C23H33N5O.HI/c1-3-24-23(27-19-12-13-28(15-19)21-6-4-5-7-21)25-14-20-16-29-22(26-20)18-10-8-17(2)9-11-18;/h8-11,16,19,21H,3-7,12-15H2,1-2H3,(H2,24,25,27);1H. The number of aryl methyl sites for hydroxylation is 1. The van der Waals surface area contributed by atoms with Crippen molar-refractivity contribution in [3.8, 4) is 11.5 Å². The topological polar surface area (TPSA) is 65.7 Å². The van der Waals surface area contributed by atoms with Crippen molar-refractivity contribution in [3.05, 3.63) is 41.8 Å².